The molecule has 6 rings (SSSR count). The predicted octanol–water partition coefficient (Wildman–Crippen LogP) is 8.27. The quantitative estimate of drug-likeness (QED) is 0.192. The SMILES string of the molecule is CCCOc1cccc(-c2nn(-c3ccccc3)cc2-c2nc(-c3ccc(C)cc3)c(NC(=O)c3ccco3)s2)c1. The van der Waals surface area contributed by atoms with Crippen LogP contribution in [0.1, 0.15) is 29.5 Å². The largest absolute Gasteiger partial charge is 0.494 e. The Hall–Kier alpha value is -4.95. The Balaban J connectivity index is 1.49. The third-order valence-corrected chi connectivity index (χ3v) is 7.47. The molecule has 0 atom stereocenters. The van der Waals surface area contributed by atoms with Crippen LogP contribution >= 0.6 is 11.3 Å². The van der Waals surface area contributed by atoms with E-state index in [2.05, 4.69) is 12.2 Å². The number of rotatable bonds is 9. The second-order valence-electron chi connectivity index (χ2n) is 9.54. The lowest BCUT2D eigenvalue weighted by Gasteiger charge is -2.06. The van der Waals surface area contributed by atoms with Gasteiger partial charge in [-0.1, -0.05) is 78.4 Å². The zero-order valence-corrected chi connectivity index (χ0v) is 23.5. The van der Waals surface area contributed by atoms with Gasteiger partial charge in [0.2, 0.25) is 0 Å². The lowest BCUT2D eigenvalue weighted by Crippen LogP contribution is -2.10. The van der Waals surface area contributed by atoms with Crippen molar-refractivity contribution in [3.63, 3.8) is 0 Å². The summed E-state index contributed by atoms with van der Waals surface area (Å²) in [5.41, 5.74) is 6.18. The lowest BCUT2D eigenvalue weighted by molar-refractivity contribution is 0.0997. The average molecular weight is 561 g/mol. The number of carbonyl (C=O) groups is 1. The van der Waals surface area contributed by atoms with Gasteiger partial charge in [-0.25, -0.2) is 9.67 Å². The Labute approximate surface area is 242 Å². The molecule has 0 aliphatic heterocycles. The minimum atomic E-state index is -0.334. The molecule has 3 aromatic heterocycles. The molecular weight excluding hydrogens is 532 g/mol. The second kappa shape index (κ2) is 11.7. The summed E-state index contributed by atoms with van der Waals surface area (Å²) in [4.78, 5) is 18.1. The molecule has 0 fully saturated rings. The van der Waals surface area contributed by atoms with Crippen LogP contribution in [0, 0.1) is 6.92 Å². The van der Waals surface area contributed by atoms with Crippen LogP contribution in [0.4, 0.5) is 5.00 Å². The van der Waals surface area contributed by atoms with Gasteiger partial charge in [-0.2, -0.15) is 5.10 Å². The molecule has 204 valence electrons. The maximum atomic E-state index is 13.0. The molecule has 0 saturated carbocycles. The van der Waals surface area contributed by atoms with Crippen LogP contribution in [0.25, 0.3) is 38.8 Å². The molecule has 7 nitrogen and oxygen atoms in total. The average Bonchev–Trinajstić information content (AvgIpc) is 3.78. The van der Waals surface area contributed by atoms with E-state index in [4.69, 9.17) is 19.2 Å². The molecule has 0 radical (unpaired) electrons. The van der Waals surface area contributed by atoms with E-state index in [1.54, 1.807) is 12.1 Å². The number of amides is 1. The van der Waals surface area contributed by atoms with Crippen molar-refractivity contribution in [2.45, 2.75) is 20.3 Å². The molecule has 1 amide bonds. The van der Waals surface area contributed by atoms with E-state index >= 15 is 0 Å². The number of benzene rings is 3. The first-order valence-corrected chi connectivity index (χ1v) is 14.2. The molecule has 41 heavy (non-hydrogen) atoms. The van der Waals surface area contributed by atoms with Crippen LogP contribution in [0.15, 0.2) is 108 Å². The van der Waals surface area contributed by atoms with Crippen molar-refractivity contribution in [1.82, 2.24) is 14.8 Å². The van der Waals surface area contributed by atoms with Crippen LogP contribution in [-0.4, -0.2) is 27.3 Å². The van der Waals surface area contributed by atoms with Crippen LogP contribution in [0.3, 0.4) is 0 Å². The standard InChI is InChI=1S/C33H28N4O3S/c1-3-18-39-26-12-7-9-24(20-26)29-27(21-37(36-29)25-10-5-4-6-11-25)32-34-30(23-16-14-22(2)15-17-23)33(41-32)35-31(38)28-13-8-19-40-28/h4-17,19-21H,3,18H2,1-2H3,(H,35,38). The number of thiazole rings is 1. The van der Waals surface area contributed by atoms with E-state index in [1.807, 2.05) is 96.7 Å². The molecule has 0 aliphatic carbocycles. The summed E-state index contributed by atoms with van der Waals surface area (Å²) in [5, 5.41) is 9.38. The highest BCUT2D eigenvalue weighted by atomic mass is 32.1. The van der Waals surface area contributed by atoms with Crippen molar-refractivity contribution in [2.24, 2.45) is 0 Å². The third-order valence-electron chi connectivity index (χ3n) is 6.47. The topological polar surface area (TPSA) is 82.2 Å². The number of carbonyl (C=O) groups excluding carboxylic acids is 1. The summed E-state index contributed by atoms with van der Waals surface area (Å²) in [6.07, 6.45) is 4.39. The highest BCUT2D eigenvalue weighted by Gasteiger charge is 2.23. The maximum absolute atomic E-state index is 13.0. The Kier molecular flexibility index (Phi) is 7.47. The van der Waals surface area contributed by atoms with E-state index in [1.165, 1.54) is 17.6 Å². The van der Waals surface area contributed by atoms with Gasteiger partial charge in [-0.05, 0) is 49.7 Å². The molecule has 1 N–H and O–H groups in total. The minimum absolute atomic E-state index is 0.233. The monoisotopic (exact) mass is 560 g/mol. The second-order valence-corrected chi connectivity index (χ2v) is 10.5. The fourth-order valence-electron chi connectivity index (χ4n) is 4.41. The van der Waals surface area contributed by atoms with Gasteiger partial charge in [0.05, 0.1) is 24.1 Å². The van der Waals surface area contributed by atoms with Crippen molar-refractivity contribution in [3.05, 3.63) is 115 Å². The van der Waals surface area contributed by atoms with Gasteiger partial charge in [-0.3, -0.25) is 4.79 Å². The van der Waals surface area contributed by atoms with E-state index in [-0.39, 0.29) is 11.7 Å². The number of furan rings is 1. The number of ether oxygens (including phenoxy) is 1. The van der Waals surface area contributed by atoms with Crippen LogP contribution in [0.2, 0.25) is 0 Å². The number of nitrogens with zero attached hydrogens (tertiary/aromatic N) is 3. The number of anilines is 1. The first-order valence-electron chi connectivity index (χ1n) is 13.4. The Bertz CT molecular complexity index is 1770. The fraction of sp³-hybridized carbons (Fsp3) is 0.121. The summed E-state index contributed by atoms with van der Waals surface area (Å²) < 4.78 is 13.1. The Morgan fingerprint density at radius 2 is 1.78 bits per heavy atom. The fourth-order valence-corrected chi connectivity index (χ4v) is 5.40. The molecule has 0 spiro atoms. The van der Waals surface area contributed by atoms with E-state index in [0.29, 0.717) is 17.3 Å². The number of hydrogen-bond donors (Lipinski definition) is 1. The summed E-state index contributed by atoms with van der Waals surface area (Å²) in [5.74, 6) is 0.686. The molecule has 3 heterocycles. The van der Waals surface area contributed by atoms with E-state index < -0.39 is 0 Å². The zero-order chi connectivity index (χ0) is 28.2. The van der Waals surface area contributed by atoms with Crippen molar-refractivity contribution in [2.75, 3.05) is 11.9 Å². The van der Waals surface area contributed by atoms with Crippen molar-refractivity contribution >= 4 is 22.2 Å². The number of hydrogen-bond acceptors (Lipinski definition) is 6. The zero-order valence-electron chi connectivity index (χ0n) is 22.7. The van der Waals surface area contributed by atoms with Gasteiger partial charge in [0.15, 0.2) is 5.76 Å². The highest BCUT2D eigenvalue weighted by Crippen LogP contribution is 2.42. The number of nitrogens with one attached hydrogen (secondary N) is 1. The van der Waals surface area contributed by atoms with Gasteiger partial charge < -0.3 is 14.5 Å². The van der Waals surface area contributed by atoms with E-state index in [0.717, 1.165) is 50.8 Å². The van der Waals surface area contributed by atoms with Crippen LogP contribution < -0.4 is 10.1 Å². The first kappa shape index (κ1) is 26.3. The van der Waals surface area contributed by atoms with E-state index in [9.17, 15) is 4.79 Å². The smallest absolute Gasteiger partial charge is 0.292 e. The minimum Gasteiger partial charge on any atom is -0.494 e. The normalized spacial score (nSPS) is 11.0. The molecule has 8 heteroatoms. The number of aryl methyl sites for hydroxylation is 1. The molecule has 0 bridgehead atoms. The summed E-state index contributed by atoms with van der Waals surface area (Å²) in [6.45, 7) is 4.76. The van der Waals surface area contributed by atoms with Gasteiger partial charge in [0.25, 0.3) is 5.91 Å². The van der Waals surface area contributed by atoms with Gasteiger partial charge >= 0.3 is 0 Å². The van der Waals surface area contributed by atoms with Crippen LogP contribution in [-0.2, 0) is 0 Å². The Morgan fingerprint density at radius 3 is 2.54 bits per heavy atom. The first-order chi connectivity index (χ1) is 20.1. The molecule has 0 saturated heterocycles. The Morgan fingerprint density at radius 1 is 0.951 bits per heavy atom. The van der Waals surface area contributed by atoms with Crippen LogP contribution in [0.5, 0.6) is 5.75 Å². The molecule has 3 aromatic carbocycles. The van der Waals surface area contributed by atoms with Crippen molar-refractivity contribution in [1.29, 1.82) is 0 Å². The van der Waals surface area contributed by atoms with Gasteiger partial charge in [0.1, 0.15) is 27.1 Å². The number of para-hydroxylation sites is 1. The van der Waals surface area contributed by atoms with Gasteiger partial charge in [-0.15, -0.1) is 0 Å². The predicted molar refractivity (Wildman–Crippen MR) is 163 cm³/mol. The molecular formula is C33H28N4O3S. The van der Waals surface area contributed by atoms with Crippen molar-refractivity contribution < 1.29 is 13.9 Å². The maximum Gasteiger partial charge on any atom is 0.292 e. The van der Waals surface area contributed by atoms with Crippen molar-refractivity contribution in [3.8, 4) is 44.5 Å². The molecule has 0 unspecified atom stereocenters. The highest BCUT2D eigenvalue weighted by molar-refractivity contribution is 7.19. The molecule has 6 aromatic rings. The number of aromatic nitrogens is 3. The lowest BCUT2D eigenvalue weighted by atomic mass is 10.1. The molecule has 0 aliphatic rings. The third kappa shape index (κ3) is 5.69. The summed E-state index contributed by atoms with van der Waals surface area (Å²) >= 11 is 1.40. The summed E-state index contributed by atoms with van der Waals surface area (Å²) in [6, 6.07) is 29.3. The summed E-state index contributed by atoms with van der Waals surface area (Å²) in [7, 11) is 0. The van der Waals surface area contributed by atoms with Gasteiger partial charge in [0, 0.05) is 17.3 Å².